The van der Waals surface area contributed by atoms with Crippen molar-refractivity contribution in [3.63, 3.8) is 0 Å². The van der Waals surface area contributed by atoms with Gasteiger partial charge in [0.15, 0.2) is 5.65 Å². The van der Waals surface area contributed by atoms with Crippen molar-refractivity contribution < 1.29 is 9.47 Å². The number of aryl methyl sites for hydroxylation is 1. The molecule has 3 atom stereocenters. The Labute approximate surface area is 146 Å². The molecule has 25 heavy (non-hydrogen) atoms. The van der Waals surface area contributed by atoms with Crippen LogP contribution in [0.25, 0.3) is 11.0 Å². The van der Waals surface area contributed by atoms with Gasteiger partial charge in [0.05, 0.1) is 24.4 Å². The van der Waals surface area contributed by atoms with Crippen LogP contribution < -0.4 is 5.56 Å². The number of likely N-dealkylation sites (tertiary alicyclic amines) is 1. The lowest BCUT2D eigenvalue weighted by Crippen LogP contribution is -2.51. The number of methoxy groups -OCH3 is 2. The number of rotatable bonds is 4. The summed E-state index contributed by atoms with van der Waals surface area (Å²) in [5, 5.41) is 4.65. The fourth-order valence-corrected chi connectivity index (χ4v) is 4.50. The fourth-order valence-electron chi connectivity index (χ4n) is 4.50. The zero-order valence-electron chi connectivity index (χ0n) is 15.0. The molecule has 2 aliphatic rings. The molecule has 0 aromatic carbocycles. The number of nitrogens with one attached hydrogen (secondary N) is 1. The van der Waals surface area contributed by atoms with Crippen LogP contribution in [0.15, 0.2) is 11.0 Å². The van der Waals surface area contributed by atoms with Crippen molar-refractivity contribution >= 4 is 11.0 Å². The smallest absolute Gasteiger partial charge is 0.262 e. The Bertz CT molecular complexity index is 831. The van der Waals surface area contributed by atoms with Crippen LogP contribution >= 0.6 is 0 Å². The van der Waals surface area contributed by atoms with Crippen LogP contribution in [0.2, 0.25) is 0 Å². The van der Waals surface area contributed by atoms with Crippen LogP contribution in [0.3, 0.4) is 0 Å². The standard InChI is InChI=1S/C17H25N5O3/c1-21-15-12(9-18-21)16(23)20-14(19-15)10-22-7-6-17(25-3)5-4-11(24-2)8-13(17)22/h9,11,13H,4-8,10H2,1-3H3,(H,19,20,23)/t11-,13+,17-/m1/s1. The van der Waals surface area contributed by atoms with E-state index in [-0.39, 0.29) is 23.3 Å². The molecule has 1 saturated carbocycles. The maximum atomic E-state index is 12.3. The van der Waals surface area contributed by atoms with Crippen molar-refractivity contribution in [2.75, 3.05) is 20.8 Å². The number of hydrogen-bond acceptors (Lipinski definition) is 6. The lowest BCUT2D eigenvalue weighted by atomic mass is 9.79. The summed E-state index contributed by atoms with van der Waals surface area (Å²) in [6.45, 7) is 1.53. The first-order chi connectivity index (χ1) is 12.1. The molecule has 8 heteroatoms. The van der Waals surface area contributed by atoms with Gasteiger partial charge in [0, 0.05) is 33.9 Å². The molecule has 2 aromatic heterocycles. The van der Waals surface area contributed by atoms with Gasteiger partial charge < -0.3 is 14.5 Å². The molecule has 4 rings (SSSR count). The molecule has 0 amide bonds. The summed E-state index contributed by atoms with van der Waals surface area (Å²) in [7, 11) is 5.39. The van der Waals surface area contributed by atoms with E-state index in [0.29, 0.717) is 23.4 Å². The Kier molecular flexibility index (Phi) is 4.13. The Hall–Kier alpha value is -1.77. The number of hydrogen-bond donors (Lipinski definition) is 1. The van der Waals surface area contributed by atoms with Gasteiger partial charge in [-0.25, -0.2) is 4.98 Å². The number of fused-ring (bicyclic) bond motifs is 2. The minimum Gasteiger partial charge on any atom is -0.381 e. The lowest BCUT2D eigenvalue weighted by Gasteiger charge is -2.43. The first-order valence-electron chi connectivity index (χ1n) is 8.79. The highest BCUT2D eigenvalue weighted by atomic mass is 16.5. The molecular formula is C17H25N5O3. The Morgan fingerprint density at radius 3 is 3.00 bits per heavy atom. The van der Waals surface area contributed by atoms with Gasteiger partial charge in [0.1, 0.15) is 11.2 Å². The minimum absolute atomic E-state index is 0.105. The molecule has 0 spiro atoms. The highest BCUT2D eigenvalue weighted by molar-refractivity contribution is 5.72. The SMILES string of the molecule is CO[C@@H]1CC[C@@]2(OC)CCN(Cc3nc4c(cnn4C)c(=O)[nH]3)[C@H]2C1. The van der Waals surface area contributed by atoms with Crippen LogP contribution in [-0.2, 0) is 23.1 Å². The third-order valence-corrected chi connectivity index (χ3v) is 5.99. The number of aromatic amines is 1. The van der Waals surface area contributed by atoms with Crippen LogP contribution in [0.1, 0.15) is 31.5 Å². The molecule has 1 saturated heterocycles. The molecule has 0 radical (unpaired) electrons. The average molecular weight is 347 g/mol. The number of H-pyrrole nitrogens is 1. The highest BCUT2D eigenvalue weighted by Gasteiger charge is 2.51. The average Bonchev–Trinajstić information content (AvgIpc) is 3.17. The second-order valence-corrected chi connectivity index (χ2v) is 7.16. The third-order valence-electron chi connectivity index (χ3n) is 5.99. The molecule has 0 unspecified atom stereocenters. The van der Waals surface area contributed by atoms with Crippen molar-refractivity contribution in [2.24, 2.45) is 7.05 Å². The monoisotopic (exact) mass is 347 g/mol. The van der Waals surface area contributed by atoms with Gasteiger partial charge >= 0.3 is 0 Å². The van der Waals surface area contributed by atoms with Crippen LogP contribution in [0.4, 0.5) is 0 Å². The van der Waals surface area contributed by atoms with Crippen molar-refractivity contribution in [3.8, 4) is 0 Å². The molecule has 1 aliphatic heterocycles. The van der Waals surface area contributed by atoms with Gasteiger partial charge in [0.25, 0.3) is 5.56 Å². The fraction of sp³-hybridized carbons (Fsp3) is 0.706. The van der Waals surface area contributed by atoms with Crippen molar-refractivity contribution in [1.29, 1.82) is 0 Å². The van der Waals surface area contributed by atoms with Gasteiger partial charge in [-0.15, -0.1) is 0 Å². The maximum Gasteiger partial charge on any atom is 0.262 e. The predicted molar refractivity (Wildman–Crippen MR) is 92.3 cm³/mol. The Balaban J connectivity index is 1.62. The van der Waals surface area contributed by atoms with E-state index in [2.05, 4.69) is 20.0 Å². The second kappa shape index (κ2) is 6.19. The molecule has 136 valence electrons. The molecule has 0 bridgehead atoms. The molecule has 2 aromatic rings. The van der Waals surface area contributed by atoms with Crippen LogP contribution in [0.5, 0.6) is 0 Å². The quantitative estimate of drug-likeness (QED) is 0.881. The summed E-state index contributed by atoms with van der Waals surface area (Å²) in [4.78, 5) is 22.2. The first-order valence-corrected chi connectivity index (χ1v) is 8.79. The first kappa shape index (κ1) is 16.7. The molecular weight excluding hydrogens is 322 g/mol. The van der Waals surface area contributed by atoms with E-state index in [4.69, 9.17) is 9.47 Å². The van der Waals surface area contributed by atoms with E-state index in [9.17, 15) is 4.79 Å². The normalized spacial score (nSPS) is 30.0. The van der Waals surface area contributed by atoms with Crippen molar-refractivity contribution in [2.45, 2.75) is 50.0 Å². The summed E-state index contributed by atoms with van der Waals surface area (Å²) in [6.07, 6.45) is 5.81. The van der Waals surface area contributed by atoms with Gasteiger partial charge in [-0.05, 0) is 25.7 Å². The highest BCUT2D eigenvalue weighted by Crippen LogP contribution is 2.43. The van der Waals surface area contributed by atoms with Gasteiger partial charge in [0.2, 0.25) is 0 Å². The predicted octanol–water partition coefficient (Wildman–Crippen LogP) is 0.815. The number of ether oxygens (including phenoxy) is 2. The largest absolute Gasteiger partial charge is 0.381 e. The van der Waals surface area contributed by atoms with E-state index in [1.54, 1.807) is 25.0 Å². The summed E-state index contributed by atoms with van der Waals surface area (Å²) < 4.78 is 13.2. The zero-order valence-corrected chi connectivity index (χ0v) is 15.0. The number of aromatic nitrogens is 4. The number of nitrogens with zero attached hydrogens (tertiary/aromatic N) is 4. The second-order valence-electron chi connectivity index (χ2n) is 7.16. The van der Waals surface area contributed by atoms with Gasteiger partial charge in [-0.1, -0.05) is 0 Å². The summed E-state index contributed by atoms with van der Waals surface area (Å²) in [5.74, 6) is 0.674. The third kappa shape index (κ3) is 2.68. The lowest BCUT2D eigenvalue weighted by molar-refractivity contribution is -0.0949. The van der Waals surface area contributed by atoms with Gasteiger partial charge in [-0.2, -0.15) is 5.10 Å². The van der Waals surface area contributed by atoms with Crippen LogP contribution in [-0.4, -0.2) is 63.2 Å². The molecule has 3 heterocycles. The maximum absolute atomic E-state index is 12.3. The molecule has 1 N–H and O–H groups in total. The molecule has 1 aliphatic carbocycles. The summed E-state index contributed by atoms with van der Waals surface area (Å²) in [6, 6.07) is 0.281. The van der Waals surface area contributed by atoms with Crippen LogP contribution in [0, 0.1) is 0 Å². The van der Waals surface area contributed by atoms with Gasteiger partial charge in [-0.3, -0.25) is 14.4 Å². The van der Waals surface area contributed by atoms with Crippen molar-refractivity contribution in [1.82, 2.24) is 24.6 Å². The molecule has 2 fully saturated rings. The van der Waals surface area contributed by atoms with E-state index in [0.717, 1.165) is 32.2 Å². The molecule has 8 nitrogen and oxygen atoms in total. The summed E-state index contributed by atoms with van der Waals surface area (Å²) >= 11 is 0. The van der Waals surface area contributed by atoms with E-state index in [1.165, 1.54) is 0 Å². The Morgan fingerprint density at radius 2 is 2.24 bits per heavy atom. The topological polar surface area (TPSA) is 85.3 Å². The van der Waals surface area contributed by atoms with E-state index < -0.39 is 0 Å². The van der Waals surface area contributed by atoms with Crippen molar-refractivity contribution in [3.05, 3.63) is 22.4 Å². The zero-order chi connectivity index (χ0) is 17.6. The van der Waals surface area contributed by atoms with E-state index in [1.807, 2.05) is 7.11 Å². The minimum atomic E-state index is -0.135. The Morgan fingerprint density at radius 1 is 1.40 bits per heavy atom. The van der Waals surface area contributed by atoms with E-state index >= 15 is 0 Å². The summed E-state index contributed by atoms with van der Waals surface area (Å²) in [5.41, 5.74) is 0.379.